The second-order valence-corrected chi connectivity index (χ2v) is 6.30. The largest absolute Gasteiger partial charge is 0.351 e. The highest BCUT2D eigenvalue weighted by Crippen LogP contribution is 2.20. The van der Waals surface area contributed by atoms with Crippen molar-refractivity contribution in [2.75, 3.05) is 6.54 Å². The molecule has 0 aliphatic rings. The van der Waals surface area contributed by atoms with Crippen LogP contribution in [-0.2, 0) is 4.79 Å². The summed E-state index contributed by atoms with van der Waals surface area (Å²) in [5.74, 6) is 1.34. The predicted molar refractivity (Wildman–Crippen MR) is 78.4 cm³/mol. The van der Waals surface area contributed by atoms with Crippen molar-refractivity contribution in [1.29, 1.82) is 0 Å². The number of nitrogens with one attached hydrogen (secondary N) is 1. The Bertz CT molecular complexity index is 237. The van der Waals surface area contributed by atoms with Gasteiger partial charge in [0.15, 0.2) is 0 Å². The fourth-order valence-corrected chi connectivity index (χ4v) is 2.47. The van der Waals surface area contributed by atoms with Crippen molar-refractivity contribution in [2.24, 2.45) is 17.6 Å². The summed E-state index contributed by atoms with van der Waals surface area (Å²) in [6.45, 7) is 11.5. The molecule has 0 rings (SSSR count). The van der Waals surface area contributed by atoms with E-state index in [2.05, 4.69) is 39.9 Å². The topological polar surface area (TPSA) is 55.1 Å². The zero-order valence-electron chi connectivity index (χ0n) is 12.9. The van der Waals surface area contributed by atoms with Gasteiger partial charge >= 0.3 is 0 Å². The molecule has 0 saturated carbocycles. The Morgan fingerprint density at radius 1 is 1.28 bits per heavy atom. The van der Waals surface area contributed by atoms with Crippen LogP contribution >= 0.6 is 0 Å². The minimum Gasteiger partial charge on any atom is -0.351 e. The van der Waals surface area contributed by atoms with Crippen LogP contribution in [0.3, 0.4) is 0 Å². The van der Waals surface area contributed by atoms with E-state index in [1.165, 1.54) is 0 Å². The van der Waals surface area contributed by atoms with Crippen LogP contribution in [-0.4, -0.2) is 18.0 Å². The lowest BCUT2D eigenvalue weighted by molar-refractivity contribution is -0.123. The maximum absolute atomic E-state index is 11.9. The van der Waals surface area contributed by atoms with E-state index in [1.807, 2.05) is 0 Å². The van der Waals surface area contributed by atoms with Gasteiger partial charge in [0, 0.05) is 12.0 Å². The molecule has 0 bridgehead atoms. The highest BCUT2D eigenvalue weighted by molar-refractivity contribution is 5.76. The highest BCUT2D eigenvalue weighted by atomic mass is 16.1. The SMILES string of the molecule is CCCC(C)(C)NC(=O)CCC(CCN)C(C)C. The smallest absolute Gasteiger partial charge is 0.220 e. The molecule has 1 amide bonds. The number of nitrogens with two attached hydrogens (primary N) is 1. The molecule has 0 fully saturated rings. The van der Waals surface area contributed by atoms with Crippen LogP contribution in [0, 0.1) is 11.8 Å². The van der Waals surface area contributed by atoms with Crippen LogP contribution in [0.25, 0.3) is 0 Å². The normalized spacial score (nSPS) is 13.7. The average Bonchev–Trinajstić information content (AvgIpc) is 2.22. The second kappa shape index (κ2) is 8.52. The van der Waals surface area contributed by atoms with Crippen LogP contribution in [0.5, 0.6) is 0 Å². The molecule has 1 unspecified atom stereocenters. The number of hydrogen-bond donors (Lipinski definition) is 2. The molecule has 3 nitrogen and oxygen atoms in total. The summed E-state index contributed by atoms with van der Waals surface area (Å²) in [6, 6.07) is 0. The van der Waals surface area contributed by atoms with E-state index in [4.69, 9.17) is 5.73 Å². The Hall–Kier alpha value is -0.570. The summed E-state index contributed by atoms with van der Waals surface area (Å²) in [6.07, 6.45) is 4.70. The summed E-state index contributed by atoms with van der Waals surface area (Å²) < 4.78 is 0. The second-order valence-electron chi connectivity index (χ2n) is 6.30. The van der Waals surface area contributed by atoms with Crippen LogP contribution < -0.4 is 11.1 Å². The van der Waals surface area contributed by atoms with Gasteiger partial charge in [-0.15, -0.1) is 0 Å². The van der Waals surface area contributed by atoms with Gasteiger partial charge in [0.05, 0.1) is 0 Å². The molecular formula is C15H32N2O. The fourth-order valence-electron chi connectivity index (χ4n) is 2.47. The van der Waals surface area contributed by atoms with Crippen molar-refractivity contribution < 1.29 is 4.79 Å². The van der Waals surface area contributed by atoms with Crippen LogP contribution in [0.1, 0.15) is 66.7 Å². The molecule has 0 heterocycles. The molecule has 0 aliphatic carbocycles. The van der Waals surface area contributed by atoms with Crippen molar-refractivity contribution in [3.05, 3.63) is 0 Å². The van der Waals surface area contributed by atoms with Crippen molar-refractivity contribution >= 4 is 5.91 Å². The first kappa shape index (κ1) is 17.4. The first-order valence-corrected chi connectivity index (χ1v) is 7.33. The van der Waals surface area contributed by atoms with E-state index in [9.17, 15) is 4.79 Å². The van der Waals surface area contributed by atoms with E-state index >= 15 is 0 Å². The number of amides is 1. The van der Waals surface area contributed by atoms with E-state index in [-0.39, 0.29) is 11.4 Å². The molecule has 0 aliphatic heterocycles. The third-order valence-corrected chi connectivity index (χ3v) is 3.58. The van der Waals surface area contributed by atoms with Gasteiger partial charge in [0.2, 0.25) is 5.91 Å². The monoisotopic (exact) mass is 256 g/mol. The molecule has 108 valence electrons. The van der Waals surface area contributed by atoms with Gasteiger partial charge in [-0.2, -0.15) is 0 Å². The molecule has 18 heavy (non-hydrogen) atoms. The number of hydrogen-bond acceptors (Lipinski definition) is 2. The summed E-state index contributed by atoms with van der Waals surface area (Å²) in [5, 5.41) is 3.12. The van der Waals surface area contributed by atoms with E-state index in [0.29, 0.717) is 24.8 Å². The van der Waals surface area contributed by atoms with Crippen molar-refractivity contribution in [3.63, 3.8) is 0 Å². The fraction of sp³-hybridized carbons (Fsp3) is 0.933. The lowest BCUT2D eigenvalue weighted by Gasteiger charge is -2.26. The standard InChI is InChI=1S/C15H32N2O/c1-6-10-15(4,5)17-14(18)8-7-13(9-11-16)12(2)3/h12-13H,6-11,16H2,1-5H3,(H,17,18). The first-order valence-electron chi connectivity index (χ1n) is 7.33. The molecule has 3 N–H and O–H groups in total. The van der Waals surface area contributed by atoms with Crippen LogP contribution in [0.15, 0.2) is 0 Å². The lowest BCUT2D eigenvalue weighted by atomic mass is 9.88. The van der Waals surface area contributed by atoms with E-state index in [0.717, 1.165) is 25.7 Å². The van der Waals surface area contributed by atoms with Gasteiger partial charge in [0.1, 0.15) is 0 Å². The predicted octanol–water partition coefficient (Wildman–Crippen LogP) is 3.08. The number of carbonyl (C=O) groups excluding carboxylic acids is 1. The van der Waals surface area contributed by atoms with Gasteiger partial charge in [-0.3, -0.25) is 4.79 Å². The molecule has 0 aromatic heterocycles. The van der Waals surface area contributed by atoms with Gasteiger partial charge in [-0.25, -0.2) is 0 Å². The zero-order chi connectivity index (χ0) is 14.2. The third kappa shape index (κ3) is 7.70. The average molecular weight is 256 g/mol. The Morgan fingerprint density at radius 2 is 1.89 bits per heavy atom. The van der Waals surface area contributed by atoms with Gasteiger partial charge in [-0.1, -0.05) is 27.2 Å². The maximum atomic E-state index is 11.9. The van der Waals surface area contributed by atoms with Crippen molar-refractivity contribution in [1.82, 2.24) is 5.32 Å². The Kier molecular flexibility index (Phi) is 8.25. The van der Waals surface area contributed by atoms with Crippen LogP contribution in [0.2, 0.25) is 0 Å². The summed E-state index contributed by atoms with van der Waals surface area (Å²) in [5.41, 5.74) is 5.54. The van der Waals surface area contributed by atoms with Crippen molar-refractivity contribution in [3.8, 4) is 0 Å². The maximum Gasteiger partial charge on any atom is 0.220 e. The zero-order valence-corrected chi connectivity index (χ0v) is 12.9. The van der Waals surface area contributed by atoms with Gasteiger partial charge in [0.25, 0.3) is 0 Å². The number of carbonyl (C=O) groups is 1. The van der Waals surface area contributed by atoms with Gasteiger partial charge < -0.3 is 11.1 Å². The van der Waals surface area contributed by atoms with Crippen LogP contribution in [0.4, 0.5) is 0 Å². The first-order chi connectivity index (χ1) is 8.32. The highest BCUT2D eigenvalue weighted by Gasteiger charge is 2.20. The Labute approximate surface area is 113 Å². The van der Waals surface area contributed by atoms with E-state index in [1.54, 1.807) is 0 Å². The molecule has 0 saturated heterocycles. The third-order valence-electron chi connectivity index (χ3n) is 3.58. The molecule has 1 atom stereocenters. The molecule has 0 spiro atoms. The number of rotatable bonds is 9. The minimum atomic E-state index is -0.0764. The van der Waals surface area contributed by atoms with E-state index < -0.39 is 0 Å². The summed E-state index contributed by atoms with van der Waals surface area (Å²) in [4.78, 5) is 11.9. The molecule has 0 aromatic carbocycles. The lowest BCUT2D eigenvalue weighted by Crippen LogP contribution is -2.43. The summed E-state index contributed by atoms with van der Waals surface area (Å²) >= 11 is 0. The van der Waals surface area contributed by atoms with Gasteiger partial charge in [-0.05, 0) is 51.5 Å². The Morgan fingerprint density at radius 3 is 2.33 bits per heavy atom. The summed E-state index contributed by atoms with van der Waals surface area (Å²) in [7, 11) is 0. The molecular weight excluding hydrogens is 224 g/mol. The van der Waals surface area contributed by atoms with Crippen molar-refractivity contribution in [2.45, 2.75) is 72.3 Å². The molecule has 3 heteroatoms. The minimum absolute atomic E-state index is 0.0764. The molecule has 0 aromatic rings. The Balaban J connectivity index is 4.08. The molecule has 0 radical (unpaired) electrons. The quantitative estimate of drug-likeness (QED) is 0.666.